The van der Waals surface area contributed by atoms with E-state index < -0.39 is 0 Å². The fourth-order valence-electron chi connectivity index (χ4n) is 2.44. The molecule has 0 aromatic rings. The summed E-state index contributed by atoms with van der Waals surface area (Å²) in [6.45, 7) is 2.27. The fraction of sp³-hybridized carbons (Fsp3) is 0.833. The molecule has 0 aliphatic carbocycles. The first-order valence-electron chi connectivity index (χ1n) is 8.91. The molecule has 0 amide bonds. The number of halogens is 1. The molecule has 0 saturated heterocycles. The van der Waals surface area contributed by atoms with E-state index in [1.54, 1.807) is 0 Å². The number of hydrogen-bond donors (Lipinski definition) is 0. The van der Waals surface area contributed by atoms with Gasteiger partial charge in [-0.3, -0.25) is 0 Å². The summed E-state index contributed by atoms with van der Waals surface area (Å²) in [6.07, 6.45) is 22.8. The Balaban J connectivity index is 0. The van der Waals surface area contributed by atoms with Crippen LogP contribution < -0.4 is 0 Å². The van der Waals surface area contributed by atoms with Gasteiger partial charge in [-0.1, -0.05) is 39.0 Å². The van der Waals surface area contributed by atoms with Gasteiger partial charge >= 0.3 is 106 Å². The summed E-state index contributed by atoms with van der Waals surface area (Å²) >= 11 is 0.742. The molecule has 0 aromatic carbocycles. The maximum atomic E-state index is 10.8. The number of unbranched alkanes of at least 4 members (excludes halogenated alkanes) is 11. The van der Waals surface area contributed by atoms with Crippen molar-refractivity contribution in [2.75, 3.05) is 0 Å². The number of carbonyl (C=O) groups excluding carboxylic acids is 1. The van der Waals surface area contributed by atoms with E-state index in [1.807, 2.05) is 0 Å². The van der Waals surface area contributed by atoms with Crippen LogP contribution in [0.5, 0.6) is 0 Å². The molecule has 0 aromatic heterocycles. The summed E-state index contributed by atoms with van der Waals surface area (Å²) in [5.41, 5.74) is 0. The topological polar surface area (TPSA) is 17.1 Å². The van der Waals surface area contributed by atoms with Gasteiger partial charge in [0.05, 0.1) is 0 Å². The normalized spacial score (nSPS) is 10.8. The third kappa shape index (κ3) is 23.1. The molecule has 0 saturated carbocycles. The van der Waals surface area contributed by atoms with Crippen LogP contribution in [0.25, 0.3) is 0 Å². The second-order valence-corrected chi connectivity index (χ2v) is 7.15. The van der Waals surface area contributed by atoms with Crippen molar-refractivity contribution in [3.8, 4) is 0 Å². The van der Waals surface area contributed by atoms with Gasteiger partial charge in [-0.05, 0) is 0 Å². The Hall–Kier alpha value is 0.700. The summed E-state index contributed by atoms with van der Waals surface area (Å²) in [6, 6.07) is 0. The predicted octanol–water partition coefficient (Wildman–Crippen LogP) is 6.14. The van der Waals surface area contributed by atoms with Crippen molar-refractivity contribution in [2.45, 2.75) is 96.8 Å². The van der Waals surface area contributed by atoms with Gasteiger partial charge in [0.25, 0.3) is 0 Å². The van der Waals surface area contributed by atoms with Gasteiger partial charge in [0.15, 0.2) is 0 Å². The minimum Gasteiger partial charge on any atom is -0.147 e. The Morgan fingerprint density at radius 2 is 1.19 bits per heavy atom. The van der Waals surface area contributed by atoms with Crippen molar-refractivity contribution >= 4 is 43.4 Å². The minimum absolute atomic E-state index is 0. The number of hydrogen-bond acceptors (Lipinski definition) is 1. The Morgan fingerprint density at radius 3 is 1.67 bits per heavy atom. The van der Waals surface area contributed by atoms with Crippen LogP contribution in [0.3, 0.4) is 0 Å². The third-order valence-electron chi connectivity index (χ3n) is 3.79. The summed E-state index contributed by atoms with van der Waals surface area (Å²) in [5, 5.41) is 0. The van der Waals surface area contributed by atoms with Gasteiger partial charge in [-0.15, -0.1) is 12.4 Å². The predicted molar refractivity (Wildman–Crippen MR) is 97.5 cm³/mol. The van der Waals surface area contributed by atoms with Gasteiger partial charge in [-0.2, -0.15) is 0 Å². The van der Waals surface area contributed by atoms with Gasteiger partial charge in [0.2, 0.25) is 0 Å². The maximum absolute atomic E-state index is 10.8. The van der Waals surface area contributed by atoms with Crippen molar-refractivity contribution < 1.29 is 4.79 Å². The molecule has 0 spiro atoms. The quantitative estimate of drug-likeness (QED) is 0.201. The first-order valence-corrected chi connectivity index (χ1v) is 9.91. The molecule has 0 N–H and O–H groups in total. The van der Waals surface area contributed by atoms with E-state index in [1.165, 1.54) is 77.0 Å². The molecule has 0 radical (unpaired) electrons. The van der Waals surface area contributed by atoms with Crippen LogP contribution in [0.4, 0.5) is 0 Å². The Morgan fingerprint density at radius 1 is 0.762 bits per heavy atom. The number of rotatable bonds is 15. The van der Waals surface area contributed by atoms with Gasteiger partial charge in [0, 0.05) is 0 Å². The molecule has 120 valence electrons. The van der Waals surface area contributed by atoms with Crippen molar-refractivity contribution in [1.29, 1.82) is 0 Å². The van der Waals surface area contributed by atoms with E-state index in [2.05, 4.69) is 19.1 Å². The van der Waals surface area contributed by atoms with Crippen molar-refractivity contribution in [1.82, 2.24) is 0 Å². The van der Waals surface area contributed by atoms with Crippen LogP contribution in [0, 0.1) is 0 Å². The van der Waals surface area contributed by atoms with E-state index in [-0.39, 0.29) is 12.4 Å². The molecular formula is C18H34ClNaO. The maximum Gasteiger partial charge on any atom is -0.147 e. The minimum atomic E-state index is 0. The van der Waals surface area contributed by atoms with Crippen molar-refractivity contribution in [3.63, 3.8) is 0 Å². The summed E-state index contributed by atoms with van der Waals surface area (Å²) in [7, 11) is 0. The first-order chi connectivity index (χ1) is 9.77. The van der Waals surface area contributed by atoms with Gasteiger partial charge < -0.3 is 0 Å². The molecule has 0 atom stereocenters. The Bertz CT molecular complexity index is 241. The van der Waals surface area contributed by atoms with Crippen LogP contribution in [0.2, 0.25) is 0 Å². The standard InChI is InChI=1S/C18H33O.ClH.Na/c1-2-3-4-5-6-7-8-9-10-11-12-13-14-15-16-17-18-19;;/h9-10H,2-8,11-17H2,1H3;1H;/b10-9-;;. The van der Waals surface area contributed by atoms with E-state index in [0.717, 1.165) is 40.8 Å². The van der Waals surface area contributed by atoms with Gasteiger partial charge in [-0.25, -0.2) is 0 Å². The van der Waals surface area contributed by atoms with E-state index in [4.69, 9.17) is 0 Å². The van der Waals surface area contributed by atoms with E-state index in [9.17, 15) is 4.79 Å². The zero-order valence-electron chi connectivity index (χ0n) is 14.4. The molecule has 21 heavy (non-hydrogen) atoms. The van der Waals surface area contributed by atoms with E-state index in [0.29, 0.717) is 3.03 Å². The average Bonchev–Trinajstić information content (AvgIpc) is 2.43. The second-order valence-electron chi connectivity index (χ2n) is 6.04. The number of carbonyl (C=O) groups is 1. The van der Waals surface area contributed by atoms with Crippen molar-refractivity contribution in [3.05, 3.63) is 12.2 Å². The molecule has 1 nitrogen and oxygen atoms in total. The van der Waals surface area contributed by atoms with Crippen molar-refractivity contribution in [2.24, 2.45) is 0 Å². The summed E-state index contributed by atoms with van der Waals surface area (Å²) in [5.74, 6) is 0. The average molecular weight is 325 g/mol. The molecule has 0 unspecified atom stereocenters. The summed E-state index contributed by atoms with van der Waals surface area (Å²) < 4.78 is 0.475. The van der Waals surface area contributed by atoms with Crippen LogP contribution in [-0.4, -0.2) is 31.0 Å². The van der Waals surface area contributed by atoms with Gasteiger partial charge in [0.1, 0.15) is 0 Å². The van der Waals surface area contributed by atoms with E-state index >= 15 is 0 Å². The smallest absolute Gasteiger partial charge is 0.147 e. The molecule has 0 heterocycles. The monoisotopic (exact) mass is 324 g/mol. The number of allylic oxidation sites excluding steroid dienone is 2. The van der Waals surface area contributed by atoms with Crippen LogP contribution in [-0.2, 0) is 4.79 Å². The third-order valence-corrected chi connectivity index (χ3v) is 4.29. The zero-order chi connectivity index (χ0) is 14.9. The zero-order valence-corrected chi connectivity index (χ0v) is 17.2. The molecule has 0 aliphatic rings. The molecule has 3 heteroatoms. The fourth-order valence-corrected chi connectivity index (χ4v) is 2.80. The molecular weight excluding hydrogens is 291 g/mol. The summed E-state index contributed by atoms with van der Waals surface area (Å²) in [4.78, 5) is 10.8. The SMILES string of the molecule is CCCCCCCC/C=C\CCCCCCC[C](=O)[Na].Cl. The molecule has 0 rings (SSSR count). The molecule has 0 fully saturated rings. The molecule has 0 aliphatic heterocycles. The largest absolute Gasteiger partial charge is 0.147 e. The second kappa shape index (κ2) is 20.7. The Kier molecular flexibility index (Phi) is 23.6. The van der Waals surface area contributed by atoms with Crippen LogP contribution >= 0.6 is 12.4 Å². The molecule has 0 bridgehead atoms. The first kappa shape index (κ1) is 24.0. The Labute approximate surface area is 156 Å². The van der Waals surface area contributed by atoms with Crippen LogP contribution in [0.1, 0.15) is 96.8 Å². The van der Waals surface area contributed by atoms with Crippen LogP contribution in [0.15, 0.2) is 12.2 Å².